The van der Waals surface area contributed by atoms with Crippen LogP contribution in [0.2, 0.25) is 0 Å². The summed E-state index contributed by atoms with van der Waals surface area (Å²) in [6, 6.07) is 14.7. The molecule has 1 aliphatic carbocycles. The number of hydrogen-bond donors (Lipinski definition) is 2. The van der Waals surface area contributed by atoms with Gasteiger partial charge in [-0.25, -0.2) is 4.79 Å². The van der Waals surface area contributed by atoms with Crippen LogP contribution in [0.15, 0.2) is 54.6 Å². The van der Waals surface area contributed by atoms with Crippen LogP contribution in [0.5, 0.6) is 0 Å². The number of carbonyl (C=O) groups excluding carboxylic acids is 2. The van der Waals surface area contributed by atoms with Crippen molar-refractivity contribution in [3.05, 3.63) is 65.7 Å². The molecule has 2 amide bonds. The van der Waals surface area contributed by atoms with Crippen molar-refractivity contribution in [1.29, 1.82) is 0 Å². The Morgan fingerprint density at radius 1 is 0.929 bits per heavy atom. The van der Waals surface area contributed by atoms with E-state index in [0.717, 1.165) is 19.3 Å². The number of nitrogens with one attached hydrogen (secondary N) is 1. The van der Waals surface area contributed by atoms with E-state index in [1.807, 2.05) is 6.07 Å². The zero-order valence-corrected chi connectivity index (χ0v) is 15.4. The third kappa shape index (κ3) is 3.38. The standard InChI is InChI=1S/C22H22N2O4/c25-20(14-5-2-1-3-6-14)23-17-11-9-15(10-12-17)21(26)24-13-16-7-4-8-18(16)19(24)22(27)28/h1-3,5-6,9-12,16,18-19H,4,7-8,13H2,(H,23,25)(H,27,28). The van der Waals surface area contributed by atoms with Gasteiger partial charge in [0, 0.05) is 23.4 Å². The Kier molecular flexibility index (Phi) is 4.86. The highest BCUT2D eigenvalue weighted by Crippen LogP contribution is 2.42. The third-order valence-electron chi connectivity index (χ3n) is 5.83. The Labute approximate surface area is 163 Å². The van der Waals surface area contributed by atoms with Crippen LogP contribution < -0.4 is 5.32 Å². The highest BCUT2D eigenvalue weighted by Gasteiger charge is 2.49. The lowest BCUT2D eigenvalue weighted by Crippen LogP contribution is -2.43. The van der Waals surface area contributed by atoms with E-state index in [9.17, 15) is 19.5 Å². The van der Waals surface area contributed by atoms with Crippen molar-refractivity contribution in [3.63, 3.8) is 0 Å². The normalized spacial score (nSPS) is 23.3. The maximum atomic E-state index is 12.9. The highest BCUT2D eigenvalue weighted by atomic mass is 16.4. The second kappa shape index (κ2) is 7.46. The van der Waals surface area contributed by atoms with Crippen molar-refractivity contribution < 1.29 is 19.5 Å². The van der Waals surface area contributed by atoms with Crippen molar-refractivity contribution in [2.24, 2.45) is 11.8 Å². The molecule has 2 N–H and O–H groups in total. The summed E-state index contributed by atoms with van der Waals surface area (Å²) in [5.74, 6) is -1.06. The van der Waals surface area contributed by atoms with E-state index in [0.29, 0.717) is 23.4 Å². The Bertz CT molecular complexity index is 895. The van der Waals surface area contributed by atoms with Crippen molar-refractivity contribution >= 4 is 23.5 Å². The van der Waals surface area contributed by atoms with Gasteiger partial charge < -0.3 is 15.3 Å². The van der Waals surface area contributed by atoms with Gasteiger partial charge in [0.15, 0.2) is 0 Å². The molecule has 1 aliphatic heterocycles. The average Bonchev–Trinajstić information content (AvgIpc) is 3.29. The smallest absolute Gasteiger partial charge is 0.326 e. The van der Waals surface area contributed by atoms with Gasteiger partial charge in [-0.05, 0) is 61.1 Å². The van der Waals surface area contributed by atoms with E-state index in [-0.39, 0.29) is 23.7 Å². The van der Waals surface area contributed by atoms with E-state index in [4.69, 9.17) is 0 Å². The number of fused-ring (bicyclic) bond motifs is 1. The molecule has 0 bridgehead atoms. The number of nitrogens with zero attached hydrogens (tertiary/aromatic N) is 1. The SMILES string of the molecule is O=C(Nc1ccc(C(=O)N2CC3CCCC3C2C(=O)O)cc1)c1ccccc1. The van der Waals surface area contributed by atoms with Crippen LogP contribution in [-0.4, -0.2) is 40.4 Å². The summed E-state index contributed by atoms with van der Waals surface area (Å²) in [7, 11) is 0. The van der Waals surface area contributed by atoms with Crippen LogP contribution in [0.3, 0.4) is 0 Å². The molecule has 3 atom stereocenters. The molecule has 0 radical (unpaired) electrons. The van der Waals surface area contributed by atoms with E-state index in [1.165, 1.54) is 4.90 Å². The average molecular weight is 378 g/mol. The first-order valence-electron chi connectivity index (χ1n) is 9.55. The molecule has 1 saturated carbocycles. The van der Waals surface area contributed by atoms with Gasteiger partial charge in [-0.2, -0.15) is 0 Å². The maximum Gasteiger partial charge on any atom is 0.326 e. The predicted molar refractivity (Wildman–Crippen MR) is 104 cm³/mol. The van der Waals surface area contributed by atoms with Crippen molar-refractivity contribution in [1.82, 2.24) is 4.90 Å². The second-order valence-electron chi connectivity index (χ2n) is 7.49. The van der Waals surface area contributed by atoms with Gasteiger partial charge >= 0.3 is 5.97 Å². The first-order chi connectivity index (χ1) is 13.5. The summed E-state index contributed by atoms with van der Waals surface area (Å²) < 4.78 is 0. The lowest BCUT2D eigenvalue weighted by Gasteiger charge is -2.24. The lowest BCUT2D eigenvalue weighted by atomic mass is 9.94. The summed E-state index contributed by atoms with van der Waals surface area (Å²) in [6.07, 6.45) is 2.90. The molecule has 0 aromatic heterocycles. The number of likely N-dealkylation sites (tertiary alicyclic amines) is 1. The van der Waals surface area contributed by atoms with Gasteiger partial charge in [-0.1, -0.05) is 24.6 Å². The molecule has 1 heterocycles. The van der Waals surface area contributed by atoms with Crippen LogP contribution in [0.25, 0.3) is 0 Å². The number of rotatable bonds is 4. The summed E-state index contributed by atoms with van der Waals surface area (Å²) in [6.45, 7) is 0.507. The van der Waals surface area contributed by atoms with Crippen LogP contribution in [0.1, 0.15) is 40.0 Å². The predicted octanol–water partition coefficient (Wildman–Crippen LogP) is 3.26. The Hall–Kier alpha value is -3.15. The van der Waals surface area contributed by atoms with Crippen molar-refractivity contribution in [2.45, 2.75) is 25.3 Å². The number of hydrogen-bond acceptors (Lipinski definition) is 3. The van der Waals surface area contributed by atoms with Gasteiger partial charge in [0.1, 0.15) is 6.04 Å². The molecular weight excluding hydrogens is 356 g/mol. The number of carboxylic acid groups (broad SMARTS) is 1. The van der Waals surface area contributed by atoms with Gasteiger partial charge in [-0.3, -0.25) is 9.59 Å². The fourth-order valence-electron chi connectivity index (χ4n) is 4.49. The van der Waals surface area contributed by atoms with Crippen molar-refractivity contribution in [3.8, 4) is 0 Å². The minimum Gasteiger partial charge on any atom is -0.480 e. The maximum absolute atomic E-state index is 12.9. The molecular formula is C22H22N2O4. The fourth-order valence-corrected chi connectivity index (χ4v) is 4.49. The molecule has 4 rings (SSSR count). The molecule has 6 heteroatoms. The number of amides is 2. The zero-order valence-electron chi connectivity index (χ0n) is 15.4. The topological polar surface area (TPSA) is 86.7 Å². The van der Waals surface area contributed by atoms with Gasteiger partial charge in [0.25, 0.3) is 11.8 Å². The van der Waals surface area contributed by atoms with E-state index < -0.39 is 12.0 Å². The molecule has 2 fully saturated rings. The third-order valence-corrected chi connectivity index (χ3v) is 5.83. The van der Waals surface area contributed by atoms with Gasteiger partial charge in [0.2, 0.25) is 0 Å². The Morgan fingerprint density at radius 3 is 2.32 bits per heavy atom. The summed E-state index contributed by atoms with van der Waals surface area (Å²) >= 11 is 0. The summed E-state index contributed by atoms with van der Waals surface area (Å²) in [5.41, 5.74) is 1.57. The molecule has 2 aliphatic rings. The Balaban J connectivity index is 1.47. The quantitative estimate of drug-likeness (QED) is 0.855. The molecule has 2 aromatic carbocycles. The fraction of sp³-hybridized carbons (Fsp3) is 0.318. The zero-order chi connectivity index (χ0) is 19.7. The monoisotopic (exact) mass is 378 g/mol. The van der Waals surface area contributed by atoms with Gasteiger partial charge in [0.05, 0.1) is 0 Å². The van der Waals surface area contributed by atoms with Crippen molar-refractivity contribution in [2.75, 3.05) is 11.9 Å². The van der Waals surface area contributed by atoms with E-state index >= 15 is 0 Å². The lowest BCUT2D eigenvalue weighted by molar-refractivity contribution is -0.142. The minimum absolute atomic E-state index is 0.0610. The molecule has 28 heavy (non-hydrogen) atoms. The number of aliphatic carboxylic acids is 1. The van der Waals surface area contributed by atoms with Gasteiger partial charge in [-0.15, -0.1) is 0 Å². The molecule has 0 spiro atoms. The Morgan fingerprint density at radius 2 is 1.64 bits per heavy atom. The highest BCUT2D eigenvalue weighted by molar-refractivity contribution is 6.04. The summed E-state index contributed by atoms with van der Waals surface area (Å²) in [5, 5.41) is 12.4. The van der Waals surface area contributed by atoms with E-state index in [2.05, 4.69) is 5.32 Å². The molecule has 1 saturated heterocycles. The minimum atomic E-state index is -0.922. The van der Waals surface area contributed by atoms with Crippen LogP contribution in [-0.2, 0) is 4.79 Å². The molecule has 3 unspecified atom stereocenters. The van der Waals surface area contributed by atoms with Crippen LogP contribution >= 0.6 is 0 Å². The summed E-state index contributed by atoms with van der Waals surface area (Å²) in [4.78, 5) is 38.4. The molecule has 144 valence electrons. The number of anilines is 1. The second-order valence-corrected chi connectivity index (χ2v) is 7.49. The number of carboxylic acids is 1. The first-order valence-corrected chi connectivity index (χ1v) is 9.55. The van der Waals surface area contributed by atoms with Crippen LogP contribution in [0.4, 0.5) is 5.69 Å². The largest absolute Gasteiger partial charge is 0.480 e. The number of benzene rings is 2. The van der Waals surface area contributed by atoms with E-state index in [1.54, 1.807) is 48.5 Å². The number of carbonyl (C=O) groups is 3. The first kappa shape index (κ1) is 18.2. The molecule has 6 nitrogen and oxygen atoms in total. The van der Waals surface area contributed by atoms with Crippen LogP contribution in [0, 0.1) is 11.8 Å². The molecule has 2 aromatic rings.